The second-order valence-corrected chi connectivity index (χ2v) is 5.71. The highest BCUT2D eigenvalue weighted by Gasteiger charge is 2.14. The fourth-order valence-corrected chi connectivity index (χ4v) is 2.33. The van der Waals surface area contributed by atoms with E-state index in [1.807, 2.05) is 0 Å². The number of guanidine groups is 1. The zero-order chi connectivity index (χ0) is 17.1. The van der Waals surface area contributed by atoms with Crippen LogP contribution in [0.3, 0.4) is 0 Å². The lowest BCUT2D eigenvalue weighted by molar-refractivity contribution is 0.203. The molecule has 138 valence electrons. The Morgan fingerprint density at radius 1 is 1.17 bits per heavy atom. The molecule has 5 nitrogen and oxygen atoms in total. The van der Waals surface area contributed by atoms with Gasteiger partial charge >= 0.3 is 0 Å². The van der Waals surface area contributed by atoms with E-state index in [1.54, 1.807) is 7.11 Å². The minimum Gasteiger partial charge on any atom is -0.383 e. The molecule has 0 saturated carbocycles. The van der Waals surface area contributed by atoms with Crippen molar-refractivity contribution < 1.29 is 4.74 Å². The molecule has 2 N–H and O–H groups in total. The van der Waals surface area contributed by atoms with E-state index in [-0.39, 0.29) is 30.0 Å². The van der Waals surface area contributed by atoms with Crippen LogP contribution in [0, 0.1) is 0 Å². The van der Waals surface area contributed by atoms with E-state index in [1.165, 1.54) is 11.1 Å². The van der Waals surface area contributed by atoms with Crippen molar-refractivity contribution in [3.05, 3.63) is 35.4 Å². The van der Waals surface area contributed by atoms with Gasteiger partial charge in [-0.05, 0) is 38.6 Å². The quantitative estimate of drug-likeness (QED) is 0.264. The van der Waals surface area contributed by atoms with Crippen molar-refractivity contribution in [1.29, 1.82) is 0 Å². The predicted molar refractivity (Wildman–Crippen MR) is 114 cm³/mol. The van der Waals surface area contributed by atoms with Gasteiger partial charge in [-0.25, -0.2) is 0 Å². The van der Waals surface area contributed by atoms with Crippen molar-refractivity contribution in [2.75, 3.05) is 47.4 Å². The number of aryl methyl sites for hydroxylation is 1. The molecule has 0 amide bonds. The second kappa shape index (κ2) is 13.4. The fraction of sp³-hybridized carbons (Fsp3) is 0.611. The van der Waals surface area contributed by atoms with Crippen LogP contribution in [0.25, 0.3) is 0 Å². The highest BCUT2D eigenvalue weighted by molar-refractivity contribution is 14.0. The zero-order valence-electron chi connectivity index (χ0n) is 15.6. The van der Waals surface area contributed by atoms with Gasteiger partial charge in [0.15, 0.2) is 5.96 Å². The van der Waals surface area contributed by atoms with E-state index in [9.17, 15) is 0 Å². The lowest BCUT2D eigenvalue weighted by Gasteiger charge is -2.24. The van der Waals surface area contributed by atoms with Crippen LogP contribution in [0.1, 0.15) is 31.0 Å². The molecule has 0 aromatic heterocycles. The Balaban J connectivity index is 0.00000529. The van der Waals surface area contributed by atoms with Crippen LogP contribution in [0.5, 0.6) is 0 Å². The number of likely N-dealkylation sites (N-methyl/N-ethyl adjacent to an activating group) is 1. The Morgan fingerprint density at radius 3 is 2.33 bits per heavy atom. The van der Waals surface area contributed by atoms with E-state index >= 15 is 0 Å². The van der Waals surface area contributed by atoms with Crippen LogP contribution >= 0.6 is 24.0 Å². The summed E-state index contributed by atoms with van der Waals surface area (Å²) >= 11 is 0. The SMILES string of the molecule is CCNC(=NCC(c1ccc(CC)cc1)N(C)C)NCCOC.I. The van der Waals surface area contributed by atoms with Crippen molar-refractivity contribution in [3.63, 3.8) is 0 Å². The molecule has 1 aromatic carbocycles. The number of benzene rings is 1. The highest BCUT2D eigenvalue weighted by atomic mass is 127. The van der Waals surface area contributed by atoms with Gasteiger partial charge in [-0.15, -0.1) is 24.0 Å². The van der Waals surface area contributed by atoms with Gasteiger partial charge in [0, 0.05) is 20.2 Å². The summed E-state index contributed by atoms with van der Waals surface area (Å²) in [6.07, 6.45) is 1.07. The Bertz CT molecular complexity index is 463. The number of rotatable bonds is 9. The normalized spacial score (nSPS) is 12.7. The second-order valence-electron chi connectivity index (χ2n) is 5.71. The third-order valence-corrected chi connectivity index (χ3v) is 3.76. The third-order valence-electron chi connectivity index (χ3n) is 3.76. The van der Waals surface area contributed by atoms with Crippen molar-refractivity contribution in [1.82, 2.24) is 15.5 Å². The smallest absolute Gasteiger partial charge is 0.191 e. The van der Waals surface area contributed by atoms with Crippen LogP contribution in [-0.2, 0) is 11.2 Å². The summed E-state index contributed by atoms with van der Waals surface area (Å²) in [4.78, 5) is 6.93. The minimum absolute atomic E-state index is 0. The number of halogens is 1. The van der Waals surface area contributed by atoms with Crippen molar-refractivity contribution in [2.45, 2.75) is 26.3 Å². The number of aliphatic imine (C=N–C) groups is 1. The van der Waals surface area contributed by atoms with E-state index in [2.05, 4.69) is 67.7 Å². The Morgan fingerprint density at radius 2 is 1.83 bits per heavy atom. The van der Waals surface area contributed by atoms with E-state index in [0.29, 0.717) is 13.2 Å². The lowest BCUT2D eigenvalue weighted by atomic mass is 10.0. The van der Waals surface area contributed by atoms with E-state index in [4.69, 9.17) is 9.73 Å². The number of nitrogens with one attached hydrogen (secondary N) is 2. The number of hydrogen-bond donors (Lipinski definition) is 2. The molecule has 0 fully saturated rings. The van der Waals surface area contributed by atoms with Crippen LogP contribution < -0.4 is 10.6 Å². The van der Waals surface area contributed by atoms with E-state index in [0.717, 1.165) is 25.5 Å². The largest absolute Gasteiger partial charge is 0.383 e. The van der Waals surface area contributed by atoms with Crippen LogP contribution in [0.15, 0.2) is 29.3 Å². The van der Waals surface area contributed by atoms with Crippen LogP contribution in [0.2, 0.25) is 0 Å². The molecule has 1 aromatic rings. The summed E-state index contributed by atoms with van der Waals surface area (Å²) in [5, 5.41) is 6.55. The number of methoxy groups -OCH3 is 1. The van der Waals surface area contributed by atoms with Crippen LogP contribution in [0.4, 0.5) is 0 Å². The minimum atomic E-state index is 0. The predicted octanol–water partition coefficient (Wildman–Crippen LogP) is 2.67. The molecule has 1 unspecified atom stereocenters. The van der Waals surface area contributed by atoms with Crippen molar-refractivity contribution >= 4 is 29.9 Å². The first-order chi connectivity index (χ1) is 11.1. The molecular formula is C18H33IN4O. The number of nitrogens with zero attached hydrogens (tertiary/aromatic N) is 2. The molecule has 1 rings (SSSR count). The molecule has 0 aliphatic heterocycles. The number of hydrogen-bond acceptors (Lipinski definition) is 3. The molecular weight excluding hydrogens is 415 g/mol. The summed E-state index contributed by atoms with van der Waals surface area (Å²) in [7, 11) is 5.90. The molecule has 0 radical (unpaired) electrons. The standard InChI is InChI=1S/C18H32N4O.HI/c1-6-15-8-10-16(11-9-15)17(22(3)4)14-21-18(19-7-2)20-12-13-23-5;/h8-11,17H,6-7,12-14H2,1-5H3,(H2,19,20,21);1H. The Kier molecular flexibility index (Phi) is 13.0. The van der Waals surface area contributed by atoms with Gasteiger partial charge in [0.1, 0.15) is 0 Å². The third kappa shape index (κ3) is 8.30. The molecule has 0 spiro atoms. The van der Waals surface area contributed by atoms with Crippen molar-refractivity contribution in [2.24, 2.45) is 4.99 Å². The average molecular weight is 448 g/mol. The van der Waals surface area contributed by atoms with Gasteiger partial charge in [-0.2, -0.15) is 0 Å². The van der Waals surface area contributed by atoms with Crippen LogP contribution in [-0.4, -0.2) is 58.3 Å². The van der Waals surface area contributed by atoms with Gasteiger partial charge in [0.2, 0.25) is 0 Å². The summed E-state index contributed by atoms with van der Waals surface area (Å²) < 4.78 is 5.07. The molecule has 24 heavy (non-hydrogen) atoms. The summed E-state index contributed by atoms with van der Waals surface area (Å²) in [5.74, 6) is 0.835. The van der Waals surface area contributed by atoms with Gasteiger partial charge < -0.3 is 20.3 Å². The first kappa shape index (κ1) is 23.1. The monoisotopic (exact) mass is 448 g/mol. The fourth-order valence-electron chi connectivity index (χ4n) is 2.33. The van der Waals surface area contributed by atoms with E-state index < -0.39 is 0 Å². The van der Waals surface area contributed by atoms with Crippen molar-refractivity contribution in [3.8, 4) is 0 Å². The van der Waals surface area contributed by atoms with Gasteiger partial charge in [0.25, 0.3) is 0 Å². The van der Waals surface area contributed by atoms with Gasteiger partial charge in [-0.1, -0.05) is 31.2 Å². The maximum Gasteiger partial charge on any atom is 0.191 e. The molecule has 6 heteroatoms. The molecule has 1 atom stereocenters. The molecule has 0 heterocycles. The summed E-state index contributed by atoms with van der Waals surface area (Å²) in [6.45, 7) is 7.22. The average Bonchev–Trinajstić information content (AvgIpc) is 2.55. The molecule has 0 bridgehead atoms. The number of ether oxygens (including phenoxy) is 1. The van der Waals surface area contributed by atoms with Gasteiger partial charge in [-0.3, -0.25) is 4.99 Å². The van der Waals surface area contributed by atoms with Gasteiger partial charge in [0.05, 0.1) is 19.2 Å². The summed E-state index contributed by atoms with van der Waals surface area (Å²) in [5.41, 5.74) is 2.66. The summed E-state index contributed by atoms with van der Waals surface area (Å²) in [6, 6.07) is 9.10. The Labute approximate surface area is 164 Å². The topological polar surface area (TPSA) is 48.9 Å². The maximum absolute atomic E-state index is 5.07. The first-order valence-electron chi connectivity index (χ1n) is 8.38. The first-order valence-corrected chi connectivity index (χ1v) is 8.38. The highest BCUT2D eigenvalue weighted by Crippen LogP contribution is 2.19. The molecule has 0 saturated heterocycles. The maximum atomic E-state index is 5.07. The molecule has 0 aliphatic rings. The Hall–Kier alpha value is -0.860. The lowest BCUT2D eigenvalue weighted by Crippen LogP contribution is -2.39. The zero-order valence-corrected chi connectivity index (χ0v) is 18.0. The molecule has 0 aliphatic carbocycles.